The highest BCUT2D eigenvalue weighted by Gasteiger charge is 2.25. The number of hydrogen-bond donors (Lipinski definition) is 0. The maximum Gasteiger partial charge on any atom is 0.136 e. The molecule has 1 nitrogen and oxygen atoms in total. The van der Waals surface area contributed by atoms with E-state index in [4.69, 9.17) is 0 Å². The Bertz CT molecular complexity index is 605. The number of aliphatic imine (C=N–C) groups is 1. The monoisotopic (exact) mass is 275 g/mol. The van der Waals surface area contributed by atoms with Crippen LogP contribution in [0.5, 0.6) is 0 Å². The molecule has 0 saturated carbocycles. The molecule has 4 heteroatoms. The first-order valence-electron chi connectivity index (χ1n) is 5.96. The third-order valence-corrected chi connectivity index (χ3v) is 4.26. The van der Waals surface area contributed by atoms with Gasteiger partial charge in [0.15, 0.2) is 0 Å². The van der Waals surface area contributed by atoms with Gasteiger partial charge in [0, 0.05) is 0 Å². The summed E-state index contributed by atoms with van der Waals surface area (Å²) in [4.78, 5) is 4.29. The summed E-state index contributed by atoms with van der Waals surface area (Å²) in [6.07, 6.45) is 0. The predicted molar refractivity (Wildman–Crippen MR) is 74.5 cm³/mol. The van der Waals surface area contributed by atoms with Crippen molar-refractivity contribution in [3.8, 4) is 0 Å². The molecule has 0 saturated heterocycles. The third kappa shape index (κ3) is 2.40. The van der Waals surface area contributed by atoms with Gasteiger partial charge in [-0.15, -0.1) is 0 Å². The molecule has 96 valence electrons. The van der Waals surface area contributed by atoms with Crippen molar-refractivity contribution in [1.29, 1.82) is 0 Å². The van der Waals surface area contributed by atoms with Crippen LogP contribution in [-0.2, 0) is 0 Å². The Kier molecular flexibility index (Phi) is 3.34. The highest BCUT2D eigenvalue weighted by molar-refractivity contribution is 8.14. The minimum atomic E-state index is -0.556. The van der Waals surface area contributed by atoms with Crippen molar-refractivity contribution in [3.05, 3.63) is 71.3 Å². The maximum absolute atomic E-state index is 13.7. The molecule has 1 aliphatic heterocycles. The van der Waals surface area contributed by atoms with Crippen molar-refractivity contribution in [2.24, 2.45) is 4.99 Å². The van der Waals surface area contributed by atoms with Crippen LogP contribution in [0.25, 0.3) is 0 Å². The lowest BCUT2D eigenvalue weighted by Gasteiger charge is -2.09. The van der Waals surface area contributed by atoms with E-state index in [2.05, 4.69) is 4.99 Å². The second-order valence-corrected chi connectivity index (χ2v) is 5.45. The van der Waals surface area contributed by atoms with Gasteiger partial charge in [-0.3, -0.25) is 4.99 Å². The predicted octanol–water partition coefficient (Wildman–Crippen LogP) is 4.20. The van der Waals surface area contributed by atoms with E-state index in [0.717, 1.165) is 5.56 Å². The van der Waals surface area contributed by atoms with Crippen LogP contribution in [0.2, 0.25) is 0 Å². The summed E-state index contributed by atoms with van der Waals surface area (Å²) >= 11 is 1.42. The van der Waals surface area contributed by atoms with Gasteiger partial charge in [0.2, 0.25) is 0 Å². The lowest BCUT2D eigenvalue weighted by Crippen LogP contribution is -2.01. The first kappa shape index (κ1) is 12.4. The summed E-state index contributed by atoms with van der Waals surface area (Å²) in [5, 5.41) is 0.583. The molecule has 0 fully saturated rings. The van der Waals surface area contributed by atoms with Crippen molar-refractivity contribution in [2.45, 2.75) is 5.25 Å². The van der Waals surface area contributed by atoms with E-state index in [-0.39, 0.29) is 10.8 Å². The number of nitrogens with zero attached hydrogens (tertiary/aromatic N) is 1. The minimum Gasteiger partial charge on any atom is -0.276 e. The molecule has 0 bridgehead atoms. The van der Waals surface area contributed by atoms with Gasteiger partial charge in [0.05, 0.1) is 17.4 Å². The first-order valence-corrected chi connectivity index (χ1v) is 6.84. The van der Waals surface area contributed by atoms with Crippen LogP contribution in [-0.4, -0.2) is 11.6 Å². The molecule has 0 aromatic heterocycles. The van der Waals surface area contributed by atoms with Crippen LogP contribution < -0.4 is 0 Å². The molecule has 3 rings (SSSR count). The molecule has 1 aliphatic rings. The molecule has 0 N–H and O–H groups in total. The van der Waals surface area contributed by atoms with Gasteiger partial charge in [0.1, 0.15) is 16.7 Å². The molecule has 1 heterocycles. The Labute approximate surface area is 114 Å². The molecule has 1 atom stereocenters. The SMILES string of the molecule is Fc1cccc(F)c1C1=NCC(c2ccccc2)S1. The van der Waals surface area contributed by atoms with Crippen molar-refractivity contribution in [3.63, 3.8) is 0 Å². The van der Waals surface area contributed by atoms with Gasteiger partial charge in [-0.25, -0.2) is 8.78 Å². The smallest absolute Gasteiger partial charge is 0.136 e. The van der Waals surface area contributed by atoms with Gasteiger partial charge in [-0.05, 0) is 17.7 Å². The van der Waals surface area contributed by atoms with Crippen LogP contribution >= 0.6 is 11.8 Å². The van der Waals surface area contributed by atoms with Crippen molar-refractivity contribution >= 4 is 16.8 Å². The molecular weight excluding hydrogens is 264 g/mol. The number of halogens is 2. The fraction of sp³-hybridized carbons (Fsp3) is 0.133. The summed E-state index contributed by atoms with van der Waals surface area (Å²) in [6, 6.07) is 13.8. The average Bonchev–Trinajstić information content (AvgIpc) is 2.89. The Morgan fingerprint density at radius 3 is 2.32 bits per heavy atom. The molecule has 0 aliphatic carbocycles. The zero-order valence-corrected chi connectivity index (χ0v) is 10.8. The average molecular weight is 275 g/mol. The lowest BCUT2D eigenvalue weighted by molar-refractivity contribution is 0.580. The summed E-state index contributed by atoms with van der Waals surface area (Å²) in [7, 11) is 0. The Hall–Kier alpha value is -1.68. The molecular formula is C15H11F2NS. The van der Waals surface area contributed by atoms with Crippen molar-refractivity contribution in [1.82, 2.24) is 0 Å². The van der Waals surface area contributed by atoms with Crippen molar-refractivity contribution in [2.75, 3.05) is 6.54 Å². The number of hydrogen-bond acceptors (Lipinski definition) is 2. The summed E-state index contributed by atoms with van der Waals surface area (Å²) in [5.41, 5.74) is 1.12. The largest absolute Gasteiger partial charge is 0.276 e. The zero-order chi connectivity index (χ0) is 13.2. The third-order valence-electron chi connectivity index (χ3n) is 3.00. The van der Waals surface area contributed by atoms with Crippen LogP contribution in [0.3, 0.4) is 0 Å². The van der Waals surface area contributed by atoms with Gasteiger partial charge in [-0.2, -0.15) is 0 Å². The molecule has 1 unspecified atom stereocenters. The van der Waals surface area contributed by atoms with Crippen LogP contribution in [0.1, 0.15) is 16.4 Å². The number of benzene rings is 2. The van der Waals surface area contributed by atoms with E-state index in [9.17, 15) is 8.78 Å². The van der Waals surface area contributed by atoms with Gasteiger partial charge >= 0.3 is 0 Å². The van der Waals surface area contributed by atoms with E-state index in [1.807, 2.05) is 30.3 Å². The van der Waals surface area contributed by atoms with E-state index < -0.39 is 11.6 Å². The quantitative estimate of drug-likeness (QED) is 0.800. The van der Waals surface area contributed by atoms with Crippen LogP contribution in [0.4, 0.5) is 8.78 Å². The topological polar surface area (TPSA) is 12.4 Å². The number of thioether (sulfide) groups is 1. The summed E-state index contributed by atoms with van der Waals surface area (Å²) in [5.74, 6) is -1.11. The second kappa shape index (κ2) is 5.13. The molecule has 0 radical (unpaired) electrons. The van der Waals surface area contributed by atoms with Crippen molar-refractivity contribution < 1.29 is 8.78 Å². The van der Waals surface area contributed by atoms with E-state index >= 15 is 0 Å². The van der Waals surface area contributed by atoms with Gasteiger partial charge < -0.3 is 0 Å². The fourth-order valence-electron chi connectivity index (χ4n) is 2.06. The zero-order valence-electron chi connectivity index (χ0n) is 10.0. The van der Waals surface area contributed by atoms with E-state index in [1.165, 1.54) is 30.0 Å². The molecule has 0 amide bonds. The Balaban J connectivity index is 1.87. The Morgan fingerprint density at radius 1 is 0.947 bits per heavy atom. The lowest BCUT2D eigenvalue weighted by atomic mass is 10.1. The summed E-state index contributed by atoms with van der Waals surface area (Å²) in [6.45, 7) is 0.553. The molecule has 0 spiro atoms. The summed E-state index contributed by atoms with van der Waals surface area (Å²) < 4.78 is 27.4. The highest BCUT2D eigenvalue weighted by Crippen LogP contribution is 2.38. The van der Waals surface area contributed by atoms with E-state index in [1.54, 1.807) is 0 Å². The fourth-order valence-corrected chi connectivity index (χ4v) is 3.23. The van der Waals surface area contributed by atoms with E-state index in [0.29, 0.717) is 11.6 Å². The minimum absolute atomic E-state index is 0.00840. The normalized spacial score (nSPS) is 18.4. The first-order chi connectivity index (χ1) is 9.25. The molecule has 19 heavy (non-hydrogen) atoms. The highest BCUT2D eigenvalue weighted by atomic mass is 32.2. The number of rotatable bonds is 2. The van der Waals surface area contributed by atoms with Gasteiger partial charge in [-0.1, -0.05) is 48.2 Å². The maximum atomic E-state index is 13.7. The van der Waals surface area contributed by atoms with Crippen LogP contribution in [0, 0.1) is 11.6 Å². The van der Waals surface area contributed by atoms with Gasteiger partial charge in [0.25, 0.3) is 0 Å². The van der Waals surface area contributed by atoms with Crippen LogP contribution in [0.15, 0.2) is 53.5 Å². The Morgan fingerprint density at radius 2 is 1.63 bits per heavy atom. The standard InChI is InChI=1S/C15H11F2NS/c16-11-7-4-8-12(17)14(11)15-18-9-13(19-15)10-5-2-1-3-6-10/h1-8,13H,9H2. The second-order valence-electron chi connectivity index (χ2n) is 4.26. The molecule has 2 aromatic carbocycles. The molecule has 2 aromatic rings.